The molecule has 298 valence electrons. The second kappa shape index (κ2) is 35.0. The van der Waals surface area contributed by atoms with E-state index in [1.165, 1.54) is 77.0 Å². The van der Waals surface area contributed by atoms with Gasteiger partial charge in [0, 0.05) is 12.8 Å². The first-order valence-corrected chi connectivity index (χ1v) is 21.4. The van der Waals surface area contributed by atoms with Crippen LogP contribution in [0.1, 0.15) is 174 Å². The Balaban J connectivity index is 4.41. The van der Waals surface area contributed by atoms with E-state index in [0.717, 1.165) is 57.8 Å². The highest BCUT2D eigenvalue weighted by molar-refractivity contribution is 7.47. The number of hydrogen-bond acceptors (Lipinski definition) is 9. The van der Waals surface area contributed by atoms with E-state index in [0.29, 0.717) is 12.8 Å². The molecule has 0 rings (SSSR count). The molecule has 0 amide bonds. The van der Waals surface area contributed by atoms with E-state index in [4.69, 9.17) is 24.8 Å². The van der Waals surface area contributed by atoms with Gasteiger partial charge in [-0.3, -0.25) is 23.4 Å². The number of unbranched alkanes of at least 4 members (excludes halogenated alkanes) is 19. The molecule has 3 atom stereocenters. The van der Waals surface area contributed by atoms with Gasteiger partial charge in [-0.1, -0.05) is 128 Å². The Kier molecular flexibility index (Phi) is 33.6. The van der Waals surface area contributed by atoms with Crippen LogP contribution in [0.4, 0.5) is 0 Å². The zero-order valence-corrected chi connectivity index (χ0v) is 32.8. The molecule has 0 aromatic heterocycles. The first-order chi connectivity index (χ1) is 24.6. The van der Waals surface area contributed by atoms with Crippen molar-refractivity contribution in [3.8, 4) is 0 Å². The predicted molar refractivity (Wildman–Crippen MR) is 203 cm³/mol. The molecule has 0 aliphatic carbocycles. The van der Waals surface area contributed by atoms with Crippen LogP contribution in [0.5, 0.6) is 0 Å². The average Bonchev–Trinajstić information content (AvgIpc) is 3.10. The fourth-order valence-corrected chi connectivity index (χ4v) is 5.99. The molecule has 0 heterocycles. The standard InChI is InChI=1S/C39H72NO10P/c1-3-5-7-9-11-13-15-17-18-19-21-22-24-26-28-30-37(41)47-32-35(33-48-51(45,46)49-34-36(40)39(43)44)50-38(42)31-29-27-25-23-20-16-14-12-10-8-6-4-2/h9,11-12,14,35-36H,3-8,10,13,15-34,40H2,1-2H3,(H,43,44)(H,45,46)/b11-9+,14-12+/t35-,36+/m1/s1. The van der Waals surface area contributed by atoms with Crippen LogP contribution < -0.4 is 5.73 Å². The van der Waals surface area contributed by atoms with Gasteiger partial charge < -0.3 is 25.2 Å². The molecule has 0 spiro atoms. The lowest BCUT2D eigenvalue weighted by Crippen LogP contribution is -2.34. The number of phosphoric ester groups is 1. The molecule has 51 heavy (non-hydrogen) atoms. The van der Waals surface area contributed by atoms with Crippen molar-refractivity contribution in [1.29, 1.82) is 0 Å². The Morgan fingerprint density at radius 1 is 0.588 bits per heavy atom. The third-order valence-corrected chi connectivity index (χ3v) is 9.37. The number of rotatable bonds is 37. The third kappa shape index (κ3) is 34.8. The van der Waals surface area contributed by atoms with E-state index in [2.05, 4.69) is 42.7 Å². The summed E-state index contributed by atoms with van der Waals surface area (Å²) in [6, 6.07) is -1.52. The first-order valence-electron chi connectivity index (χ1n) is 19.9. The van der Waals surface area contributed by atoms with Gasteiger partial charge in [0.1, 0.15) is 12.6 Å². The second-order valence-corrected chi connectivity index (χ2v) is 14.9. The third-order valence-electron chi connectivity index (χ3n) is 8.42. The van der Waals surface area contributed by atoms with Crippen LogP contribution in [0, 0.1) is 0 Å². The van der Waals surface area contributed by atoms with Crippen molar-refractivity contribution in [3.63, 3.8) is 0 Å². The van der Waals surface area contributed by atoms with Gasteiger partial charge in [0.2, 0.25) is 0 Å². The van der Waals surface area contributed by atoms with Crippen molar-refractivity contribution in [2.45, 2.75) is 187 Å². The van der Waals surface area contributed by atoms with E-state index in [-0.39, 0.29) is 19.4 Å². The van der Waals surface area contributed by atoms with Gasteiger partial charge in [0.15, 0.2) is 6.10 Å². The van der Waals surface area contributed by atoms with Crippen LogP contribution in [0.3, 0.4) is 0 Å². The minimum atomic E-state index is -4.71. The Morgan fingerprint density at radius 2 is 1.00 bits per heavy atom. The van der Waals surface area contributed by atoms with E-state index in [1.807, 2.05) is 0 Å². The number of hydrogen-bond donors (Lipinski definition) is 3. The molecule has 0 aromatic rings. The number of carboxylic acid groups (broad SMARTS) is 1. The molecule has 0 saturated heterocycles. The molecule has 0 bridgehead atoms. The van der Waals surface area contributed by atoms with Crippen LogP contribution in [0.2, 0.25) is 0 Å². The second-order valence-electron chi connectivity index (χ2n) is 13.4. The summed E-state index contributed by atoms with van der Waals surface area (Å²) in [5.74, 6) is -2.39. The molecule has 0 aliphatic heterocycles. The van der Waals surface area contributed by atoms with E-state index in [9.17, 15) is 23.8 Å². The number of carboxylic acids is 1. The molecule has 1 unspecified atom stereocenters. The summed E-state index contributed by atoms with van der Waals surface area (Å²) in [5, 5.41) is 8.86. The Morgan fingerprint density at radius 3 is 1.49 bits per heavy atom. The van der Waals surface area contributed by atoms with E-state index in [1.54, 1.807) is 0 Å². The fraction of sp³-hybridized carbons (Fsp3) is 0.821. The number of esters is 2. The molecular formula is C39H72NO10P. The number of aliphatic carboxylic acids is 1. The predicted octanol–water partition coefficient (Wildman–Crippen LogP) is 9.89. The summed E-state index contributed by atoms with van der Waals surface area (Å²) in [7, 11) is -4.71. The van der Waals surface area contributed by atoms with Gasteiger partial charge in [0.05, 0.1) is 13.2 Å². The lowest BCUT2D eigenvalue weighted by Gasteiger charge is -2.20. The molecule has 11 nitrogen and oxygen atoms in total. The van der Waals surface area contributed by atoms with Gasteiger partial charge in [-0.05, 0) is 57.8 Å². The van der Waals surface area contributed by atoms with Crippen LogP contribution in [-0.4, -0.2) is 59.9 Å². The highest BCUT2D eigenvalue weighted by Crippen LogP contribution is 2.43. The molecule has 4 N–H and O–H groups in total. The maximum Gasteiger partial charge on any atom is 0.472 e. The number of allylic oxidation sites excluding steroid dienone is 4. The summed E-state index contributed by atoms with van der Waals surface area (Å²) in [4.78, 5) is 45.8. The monoisotopic (exact) mass is 745 g/mol. The maximum absolute atomic E-state index is 12.5. The van der Waals surface area contributed by atoms with Crippen LogP contribution in [-0.2, 0) is 37.5 Å². The number of carbonyl (C=O) groups excluding carboxylic acids is 2. The van der Waals surface area contributed by atoms with Crippen molar-refractivity contribution in [3.05, 3.63) is 24.3 Å². The van der Waals surface area contributed by atoms with Crippen molar-refractivity contribution >= 4 is 25.7 Å². The van der Waals surface area contributed by atoms with Crippen LogP contribution >= 0.6 is 7.82 Å². The van der Waals surface area contributed by atoms with Crippen LogP contribution in [0.25, 0.3) is 0 Å². The molecule has 12 heteroatoms. The van der Waals surface area contributed by atoms with E-state index < -0.39 is 51.1 Å². The highest BCUT2D eigenvalue weighted by Gasteiger charge is 2.28. The highest BCUT2D eigenvalue weighted by atomic mass is 31.2. The SMILES string of the molecule is CCCC/C=C/CCCCCCCCCCCC(=O)OC[C@H](COP(=O)(O)OC[C@H](N)C(=O)O)OC(=O)CCCCCCC/C=C/CCCCC. The fourth-order valence-electron chi connectivity index (χ4n) is 5.22. The number of nitrogens with two attached hydrogens (primary N) is 1. The summed E-state index contributed by atoms with van der Waals surface area (Å²) in [6.07, 6.45) is 33.9. The van der Waals surface area contributed by atoms with Crippen molar-refractivity contribution < 1.29 is 47.5 Å². The smallest absolute Gasteiger partial charge is 0.472 e. The minimum absolute atomic E-state index is 0.152. The number of ether oxygens (including phenoxy) is 2. The largest absolute Gasteiger partial charge is 0.480 e. The zero-order valence-electron chi connectivity index (χ0n) is 31.9. The molecule has 0 radical (unpaired) electrons. The van der Waals surface area contributed by atoms with Crippen molar-refractivity contribution in [2.24, 2.45) is 5.73 Å². The van der Waals surface area contributed by atoms with Gasteiger partial charge in [-0.15, -0.1) is 0 Å². The average molecular weight is 746 g/mol. The zero-order chi connectivity index (χ0) is 37.8. The van der Waals surface area contributed by atoms with Gasteiger partial charge in [-0.2, -0.15) is 0 Å². The quantitative estimate of drug-likeness (QED) is 0.0239. The summed E-state index contributed by atoms with van der Waals surface area (Å²) in [6.45, 7) is 2.72. The normalized spacial score (nSPS) is 14.1. The molecule has 0 saturated carbocycles. The Hall–Kier alpha value is -2.04. The molecular weight excluding hydrogens is 673 g/mol. The maximum atomic E-state index is 12.5. The topological polar surface area (TPSA) is 172 Å². The lowest BCUT2D eigenvalue weighted by atomic mass is 10.1. The minimum Gasteiger partial charge on any atom is -0.480 e. The summed E-state index contributed by atoms with van der Waals surface area (Å²) >= 11 is 0. The lowest BCUT2D eigenvalue weighted by molar-refractivity contribution is -0.161. The van der Waals surface area contributed by atoms with Crippen molar-refractivity contribution in [2.75, 3.05) is 19.8 Å². The number of phosphoric acid groups is 1. The summed E-state index contributed by atoms with van der Waals surface area (Å²) < 4.78 is 32.6. The van der Waals surface area contributed by atoms with Crippen molar-refractivity contribution in [1.82, 2.24) is 0 Å². The Bertz CT molecular complexity index is 974. The molecule has 0 aliphatic rings. The molecule has 0 fully saturated rings. The van der Waals surface area contributed by atoms with Crippen LogP contribution in [0.15, 0.2) is 24.3 Å². The summed E-state index contributed by atoms with van der Waals surface area (Å²) in [5.41, 5.74) is 5.32. The Labute approximate surface area is 309 Å². The van der Waals surface area contributed by atoms with Gasteiger partial charge in [-0.25, -0.2) is 4.57 Å². The van der Waals surface area contributed by atoms with Gasteiger partial charge in [0.25, 0.3) is 0 Å². The first kappa shape index (κ1) is 49.0. The molecule has 0 aromatic carbocycles. The van der Waals surface area contributed by atoms with Gasteiger partial charge >= 0.3 is 25.7 Å². The number of carbonyl (C=O) groups is 3. The van der Waals surface area contributed by atoms with E-state index >= 15 is 0 Å².